The fourth-order valence-corrected chi connectivity index (χ4v) is 5.11. The van der Waals surface area contributed by atoms with E-state index in [4.69, 9.17) is 9.47 Å². The van der Waals surface area contributed by atoms with E-state index in [9.17, 15) is 19.5 Å². The second kappa shape index (κ2) is 10.5. The van der Waals surface area contributed by atoms with Crippen molar-refractivity contribution < 1.29 is 29.0 Å². The molecule has 3 atom stereocenters. The zero-order valence-corrected chi connectivity index (χ0v) is 22.2. The third-order valence-electron chi connectivity index (χ3n) is 6.92. The van der Waals surface area contributed by atoms with Gasteiger partial charge >= 0.3 is 18.2 Å². The van der Waals surface area contributed by atoms with Gasteiger partial charge in [-0.1, -0.05) is 50.3 Å². The number of ether oxygens (including phenoxy) is 2. The highest BCUT2D eigenvalue weighted by Gasteiger charge is 2.68. The highest BCUT2D eigenvalue weighted by atomic mass is 16.6. The number of aliphatic carboxylic acids is 1. The lowest BCUT2D eigenvalue weighted by molar-refractivity contribution is -0.142. The third kappa shape index (κ3) is 6.80. The summed E-state index contributed by atoms with van der Waals surface area (Å²) < 4.78 is 11.2. The highest BCUT2D eigenvalue weighted by molar-refractivity contribution is 5.82. The fraction of sp³-hybridized carbons (Fsp3) is 0.607. The van der Waals surface area contributed by atoms with Gasteiger partial charge < -0.3 is 19.5 Å². The van der Waals surface area contributed by atoms with Crippen LogP contribution in [0.3, 0.4) is 0 Å². The summed E-state index contributed by atoms with van der Waals surface area (Å²) >= 11 is 0. The molecule has 0 unspecified atom stereocenters. The van der Waals surface area contributed by atoms with Crippen LogP contribution >= 0.6 is 0 Å². The van der Waals surface area contributed by atoms with Gasteiger partial charge in [0.1, 0.15) is 18.2 Å². The van der Waals surface area contributed by atoms with Crippen LogP contribution in [0.1, 0.15) is 65.9 Å². The Kier molecular flexibility index (Phi) is 8.06. The maximum absolute atomic E-state index is 13.3. The molecule has 0 radical (unpaired) electrons. The highest BCUT2D eigenvalue weighted by Crippen LogP contribution is 2.60. The lowest BCUT2D eigenvalue weighted by atomic mass is 9.86. The Morgan fingerprint density at radius 2 is 1.83 bits per heavy atom. The molecule has 8 nitrogen and oxygen atoms in total. The summed E-state index contributed by atoms with van der Waals surface area (Å²) in [5.74, 6) is -1.06. The number of hydrogen-bond acceptors (Lipinski definition) is 5. The zero-order chi connectivity index (χ0) is 26.7. The molecule has 1 saturated heterocycles. The predicted molar refractivity (Wildman–Crippen MR) is 136 cm³/mol. The maximum atomic E-state index is 13.3. The molecule has 1 aromatic carbocycles. The van der Waals surface area contributed by atoms with Crippen molar-refractivity contribution in [1.29, 1.82) is 0 Å². The Morgan fingerprint density at radius 3 is 2.42 bits per heavy atom. The van der Waals surface area contributed by atoms with Crippen LogP contribution in [-0.2, 0) is 20.9 Å². The van der Waals surface area contributed by atoms with Crippen molar-refractivity contribution in [3.8, 4) is 0 Å². The average Bonchev–Trinajstić information content (AvgIpc) is 3.37. The molecule has 0 bridgehead atoms. The van der Waals surface area contributed by atoms with Crippen molar-refractivity contribution in [2.45, 2.75) is 84.6 Å². The Balaban J connectivity index is 1.78. The molecule has 0 spiro atoms. The third-order valence-corrected chi connectivity index (χ3v) is 6.92. The molecule has 1 heterocycles. The summed E-state index contributed by atoms with van der Waals surface area (Å²) in [5.41, 5.74) is -0.526. The molecule has 8 heteroatoms. The number of carboxylic acids is 1. The van der Waals surface area contributed by atoms with Crippen LogP contribution in [0.5, 0.6) is 0 Å². The van der Waals surface area contributed by atoms with E-state index in [1.165, 1.54) is 4.90 Å². The number of carboxylic acid groups (broad SMARTS) is 1. The largest absolute Gasteiger partial charge is 0.480 e. The molecule has 2 amide bonds. The van der Waals surface area contributed by atoms with E-state index in [1.807, 2.05) is 36.4 Å². The summed E-state index contributed by atoms with van der Waals surface area (Å²) in [4.78, 5) is 41.3. The summed E-state index contributed by atoms with van der Waals surface area (Å²) in [6.45, 7) is 14.2. The standard InChI is InChI=1S/C28H40N2O6/c1-7-8-14-27(5,6)18-29(24(33)35-17-20-12-10-9-11-13-20)19-28-15-21(23(31)32)30(22(28)16-28)25(34)36-26(2,3)4/h7,9-13,21-22H,1,8,14-19H2,2-6H3,(H,31,32)/t21-,22+,28-/m0/s1. The fourth-order valence-electron chi connectivity index (χ4n) is 5.11. The van der Waals surface area contributed by atoms with E-state index in [1.54, 1.807) is 25.7 Å². The molecular formula is C28H40N2O6. The number of carbonyl (C=O) groups is 3. The average molecular weight is 501 g/mol. The Morgan fingerprint density at radius 1 is 1.17 bits per heavy atom. The van der Waals surface area contributed by atoms with Crippen molar-refractivity contribution in [3.05, 3.63) is 48.6 Å². The van der Waals surface area contributed by atoms with Crippen LogP contribution in [0.15, 0.2) is 43.0 Å². The number of likely N-dealkylation sites (tertiary alicyclic amines) is 1. The Bertz CT molecular complexity index is 970. The lowest BCUT2D eigenvalue weighted by Gasteiger charge is -2.34. The van der Waals surface area contributed by atoms with Gasteiger partial charge in [0.15, 0.2) is 0 Å². The van der Waals surface area contributed by atoms with E-state index in [0.29, 0.717) is 19.5 Å². The first-order valence-electron chi connectivity index (χ1n) is 12.6. The molecule has 2 fully saturated rings. The van der Waals surface area contributed by atoms with E-state index >= 15 is 0 Å². The molecule has 0 aromatic heterocycles. The van der Waals surface area contributed by atoms with Crippen molar-refractivity contribution >= 4 is 18.2 Å². The normalized spacial score (nSPS) is 23.0. The number of benzene rings is 1. The summed E-state index contributed by atoms with van der Waals surface area (Å²) in [6, 6.07) is 8.22. The van der Waals surface area contributed by atoms with E-state index < -0.39 is 35.2 Å². The van der Waals surface area contributed by atoms with E-state index in [2.05, 4.69) is 20.4 Å². The molecule has 1 saturated carbocycles. The van der Waals surface area contributed by atoms with Gasteiger partial charge in [-0.2, -0.15) is 0 Å². The zero-order valence-electron chi connectivity index (χ0n) is 22.2. The first-order chi connectivity index (χ1) is 16.8. The smallest absolute Gasteiger partial charge is 0.411 e. The van der Waals surface area contributed by atoms with Gasteiger partial charge in [-0.25, -0.2) is 14.4 Å². The molecule has 1 N–H and O–H groups in total. The molecule has 1 aliphatic carbocycles. The van der Waals surface area contributed by atoms with Gasteiger partial charge in [-0.3, -0.25) is 4.90 Å². The van der Waals surface area contributed by atoms with Crippen LogP contribution in [0, 0.1) is 10.8 Å². The minimum atomic E-state index is -1.06. The van der Waals surface area contributed by atoms with Gasteiger partial charge in [0.2, 0.25) is 0 Å². The number of carbonyl (C=O) groups excluding carboxylic acids is 2. The first kappa shape index (κ1) is 27.6. The summed E-state index contributed by atoms with van der Waals surface area (Å²) in [6.07, 6.45) is 3.38. The number of allylic oxidation sites excluding steroid dienone is 1. The SMILES string of the molecule is C=CCCC(C)(C)CN(C[C@@]12C[C@@H](C(=O)O)N(C(=O)OC(C)(C)C)[C@@H]1C2)C(=O)OCc1ccccc1. The molecule has 198 valence electrons. The van der Waals surface area contributed by atoms with Gasteiger partial charge in [0, 0.05) is 24.5 Å². The number of fused-ring (bicyclic) bond motifs is 1. The number of nitrogens with zero attached hydrogens (tertiary/aromatic N) is 2. The van der Waals surface area contributed by atoms with Crippen LogP contribution < -0.4 is 0 Å². The van der Waals surface area contributed by atoms with Gasteiger partial charge in [0.05, 0.1) is 0 Å². The number of amides is 2. The molecule has 1 aliphatic heterocycles. The molecule has 1 aromatic rings. The Hall–Kier alpha value is -3.03. The molecule has 36 heavy (non-hydrogen) atoms. The van der Waals surface area contributed by atoms with Gasteiger partial charge in [-0.05, 0) is 57.4 Å². The summed E-state index contributed by atoms with van der Waals surface area (Å²) in [7, 11) is 0. The second-order valence-electron chi connectivity index (χ2n) is 11.9. The molecular weight excluding hydrogens is 460 g/mol. The predicted octanol–water partition coefficient (Wildman–Crippen LogP) is 5.47. The minimum absolute atomic E-state index is 0.154. The van der Waals surface area contributed by atoms with E-state index in [0.717, 1.165) is 18.4 Å². The van der Waals surface area contributed by atoms with Crippen molar-refractivity contribution in [2.75, 3.05) is 13.1 Å². The van der Waals surface area contributed by atoms with Crippen molar-refractivity contribution in [2.24, 2.45) is 10.8 Å². The van der Waals surface area contributed by atoms with Crippen molar-refractivity contribution in [1.82, 2.24) is 9.80 Å². The van der Waals surface area contributed by atoms with Crippen molar-refractivity contribution in [3.63, 3.8) is 0 Å². The van der Waals surface area contributed by atoms with Crippen LogP contribution in [0.2, 0.25) is 0 Å². The number of rotatable bonds is 10. The van der Waals surface area contributed by atoms with Crippen LogP contribution in [0.25, 0.3) is 0 Å². The van der Waals surface area contributed by atoms with E-state index in [-0.39, 0.29) is 24.5 Å². The monoisotopic (exact) mass is 500 g/mol. The molecule has 2 aliphatic rings. The van der Waals surface area contributed by atoms with Crippen LogP contribution in [0.4, 0.5) is 9.59 Å². The quantitative estimate of drug-likeness (QED) is 0.428. The van der Waals surface area contributed by atoms with Crippen LogP contribution in [-0.4, -0.2) is 63.8 Å². The topological polar surface area (TPSA) is 96.4 Å². The minimum Gasteiger partial charge on any atom is -0.480 e. The maximum Gasteiger partial charge on any atom is 0.411 e. The number of hydrogen-bond donors (Lipinski definition) is 1. The second-order valence-corrected chi connectivity index (χ2v) is 11.9. The number of piperidine rings is 1. The Labute approximate surface area is 214 Å². The van der Waals surface area contributed by atoms with Gasteiger partial charge in [-0.15, -0.1) is 6.58 Å². The first-order valence-corrected chi connectivity index (χ1v) is 12.6. The van der Waals surface area contributed by atoms with Gasteiger partial charge in [0.25, 0.3) is 0 Å². The molecule has 3 rings (SSSR count). The lowest BCUT2D eigenvalue weighted by Crippen LogP contribution is -2.45. The summed E-state index contributed by atoms with van der Waals surface area (Å²) in [5, 5.41) is 9.86.